The number of benzene rings is 1. The number of fused-ring (bicyclic) bond motifs is 1. The Morgan fingerprint density at radius 1 is 1.44 bits per heavy atom. The molecule has 0 spiro atoms. The number of rotatable bonds is 3. The summed E-state index contributed by atoms with van der Waals surface area (Å²) in [5, 5.41) is 1.13. The highest BCUT2D eigenvalue weighted by Gasteiger charge is 2.15. The number of amides is 1. The molecule has 0 unspecified atom stereocenters. The molecule has 2 aromatic rings. The van der Waals surface area contributed by atoms with E-state index in [2.05, 4.69) is 10.7 Å². The predicted molar refractivity (Wildman–Crippen MR) is 57.9 cm³/mol. The molecular weight excluding hydrogens is 226 g/mol. The van der Waals surface area contributed by atoms with Crippen molar-refractivity contribution in [1.82, 2.24) is 4.98 Å². The van der Waals surface area contributed by atoms with Crippen LogP contribution in [-0.2, 0) is 11.2 Å². The molecule has 5 heteroatoms. The van der Waals surface area contributed by atoms with Gasteiger partial charge in [0.25, 0.3) is 5.91 Å². The van der Waals surface area contributed by atoms with Gasteiger partial charge in [-0.2, -0.15) is 0 Å². The summed E-state index contributed by atoms with van der Waals surface area (Å²) in [7, 11) is 0. The molecule has 0 aliphatic rings. The summed E-state index contributed by atoms with van der Waals surface area (Å²) in [6.07, 6.45) is 2.49. The maximum absolute atomic E-state index is 10.9. The van der Waals surface area contributed by atoms with E-state index in [9.17, 15) is 4.79 Å². The van der Waals surface area contributed by atoms with E-state index in [0.717, 1.165) is 16.5 Å². The van der Waals surface area contributed by atoms with Gasteiger partial charge in [-0.15, -0.1) is 0 Å². The van der Waals surface area contributed by atoms with Gasteiger partial charge in [0.2, 0.25) is 0 Å². The third-order valence-electron chi connectivity index (χ3n) is 2.54. The zero-order chi connectivity index (χ0) is 10.8. The van der Waals surface area contributed by atoms with Crippen LogP contribution in [0.15, 0.2) is 30.5 Å². The Kier molecular flexibility index (Phi) is 3.93. The number of carbonyl (C=O) groups is 1. The minimum absolute atomic E-state index is 0. The van der Waals surface area contributed by atoms with Gasteiger partial charge in [-0.05, 0) is 11.6 Å². The van der Waals surface area contributed by atoms with Crippen LogP contribution in [0.25, 0.3) is 10.9 Å². The maximum Gasteiger partial charge on any atom is 0.275 e. The van der Waals surface area contributed by atoms with Crippen LogP contribution in [0.2, 0.25) is 0 Å². The monoisotopic (exact) mass is 239 g/mol. The van der Waals surface area contributed by atoms with Crippen LogP contribution >= 0.6 is 0 Å². The highest BCUT2D eigenvalue weighted by Crippen LogP contribution is 2.18. The number of nitrogens with two attached hydrogens (primary N) is 1. The average Bonchev–Trinajstić information content (AvgIpc) is 2.62. The molecule has 6 N–H and O–H groups in total. The molecule has 0 aliphatic carbocycles. The first-order chi connectivity index (χ1) is 7.18. The van der Waals surface area contributed by atoms with Crippen LogP contribution in [-0.4, -0.2) is 16.9 Å². The van der Waals surface area contributed by atoms with Gasteiger partial charge in [-0.3, -0.25) is 4.79 Å². The van der Waals surface area contributed by atoms with Gasteiger partial charge in [-0.25, -0.2) is 0 Å². The molecular formula is C11H14ClN3O. The zero-order valence-electron chi connectivity index (χ0n) is 8.74. The smallest absolute Gasteiger partial charge is 0.275 e. The van der Waals surface area contributed by atoms with Crippen LogP contribution in [0.1, 0.15) is 5.56 Å². The third-order valence-corrected chi connectivity index (χ3v) is 2.54. The fraction of sp³-hybridized carbons (Fsp3) is 0.182. The van der Waals surface area contributed by atoms with Crippen LogP contribution < -0.4 is 23.9 Å². The maximum atomic E-state index is 10.9. The highest BCUT2D eigenvalue weighted by molar-refractivity contribution is 5.84. The number of aromatic nitrogens is 1. The zero-order valence-corrected chi connectivity index (χ0v) is 9.50. The lowest BCUT2D eigenvalue weighted by atomic mass is 10.1. The summed E-state index contributed by atoms with van der Waals surface area (Å²) in [5.41, 5.74) is 11.1. The SMILES string of the molecule is NC(=O)[C@H]([NH3+])Cc1c[nH]c2ccccc12.[Cl-]. The van der Waals surface area contributed by atoms with E-state index in [-0.39, 0.29) is 24.4 Å². The molecule has 1 heterocycles. The molecule has 0 fully saturated rings. The number of quaternary nitrogens is 1. The minimum atomic E-state index is -0.371. The van der Waals surface area contributed by atoms with Crippen molar-refractivity contribution in [2.45, 2.75) is 12.5 Å². The molecule has 86 valence electrons. The second-order valence-electron chi connectivity index (χ2n) is 3.66. The lowest BCUT2D eigenvalue weighted by Gasteiger charge is -2.02. The number of para-hydroxylation sites is 1. The molecule has 2 rings (SSSR count). The average molecular weight is 240 g/mol. The summed E-state index contributed by atoms with van der Waals surface area (Å²) in [4.78, 5) is 14.1. The summed E-state index contributed by atoms with van der Waals surface area (Å²) in [6.45, 7) is 0. The molecule has 16 heavy (non-hydrogen) atoms. The van der Waals surface area contributed by atoms with Crippen molar-refractivity contribution in [2.24, 2.45) is 5.73 Å². The van der Waals surface area contributed by atoms with Gasteiger partial charge >= 0.3 is 0 Å². The second kappa shape index (κ2) is 5.01. The fourth-order valence-corrected chi connectivity index (χ4v) is 1.67. The Morgan fingerprint density at radius 2 is 2.12 bits per heavy atom. The molecule has 0 radical (unpaired) electrons. The third kappa shape index (κ3) is 2.35. The number of carbonyl (C=O) groups excluding carboxylic acids is 1. The van der Waals surface area contributed by atoms with Gasteiger partial charge in [0.15, 0.2) is 6.04 Å². The van der Waals surface area contributed by atoms with E-state index < -0.39 is 0 Å². The van der Waals surface area contributed by atoms with E-state index in [0.29, 0.717) is 6.42 Å². The van der Waals surface area contributed by atoms with E-state index in [1.165, 1.54) is 0 Å². The minimum Gasteiger partial charge on any atom is -1.00 e. The normalized spacial score (nSPS) is 12.1. The number of nitrogens with one attached hydrogen (secondary N) is 1. The fourth-order valence-electron chi connectivity index (χ4n) is 1.67. The first kappa shape index (κ1) is 12.5. The van der Waals surface area contributed by atoms with Crippen molar-refractivity contribution in [3.05, 3.63) is 36.0 Å². The first-order valence-corrected chi connectivity index (χ1v) is 4.86. The molecule has 0 saturated heterocycles. The highest BCUT2D eigenvalue weighted by atomic mass is 35.5. The van der Waals surface area contributed by atoms with Crippen molar-refractivity contribution in [3.8, 4) is 0 Å². The number of primary amides is 1. The predicted octanol–water partition coefficient (Wildman–Crippen LogP) is -3.19. The van der Waals surface area contributed by atoms with Crippen molar-refractivity contribution >= 4 is 16.8 Å². The number of hydrogen-bond acceptors (Lipinski definition) is 1. The lowest BCUT2D eigenvalue weighted by Crippen LogP contribution is -3.00. The molecule has 1 atom stereocenters. The Morgan fingerprint density at radius 3 is 2.81 bits per heavy atom. The Bertz CT molecular complexity index is 495. The molecule has 0 aliphatic heterocycles. The number of H-pyrrole nitrogens is 1. The quantitative estimate of drug-likeness (QED) is 0.518. The van der Waals surface area contributed by atoms with Crippen LogP contribution in [0.4, 0.5) is 0 Å². The van der Waals surface area contributed by atoms with Crippen molar-refractivity contribution in [3.63, 3.8) is 0 Å². The van der Waals surface area contributed by atoms with E-state index in [1.54, 1.807) is 0 Å². The number of aromatic amines is 1. The van der Waals surface area contributed by atoms with Gasteiger partial charge in [0.05, 0.1) is 0 Å². The lowest BCUT2D eigenvalue weighted by molar-refractivity contribution is -0.402. The van der Waals surface area contributed by atoms with E-state index >= 15 is 0 Å². The van der Waals surface area contributed by atoms with E-state index in [4.69, 9.17) is 5.73 Å². The standard InChI is InChI=1S/C11H13N3O.ClH/c12-9(11(13)15)5-7-6-14-10-4-2-1-3-8(7)10;/h1-4,6,9,14H,5,12H2,(H2,13,15);1H/t9-;/m1./s1. The van der Waals surface area contributed by atoms with Crippen LogP contribution in [0, 0.1) is 0 Å². The van der Waals surface area contributed by atoms with Crippen molar-refractivity contribution in [2.75, 3.05) is 0 Å². The molecule has 0 bridgehead atoms. The Balaban J connectivity index is 0.00000128. The Labute approximate surface area is 99.4 Å². The number of hydrogen-bond donors (Lipinski definition) is 3. The topological polar surface area (TPSA) is 86.5 Å². The van der Waals surface area contributed by atoms with Crippen molar-refractivity contribution < 1.29 is 22.9 Å². The second-order valence-corrected chi connectivity index (χ2v) is 3.66. The summed E-state index contributed by atoms with van der Waals surface area (Å²) >= 11 is 0. The largest absolute Gasteiger partial charge is 1.00 e. The first-order valence-electron chi connectivity index (χ1n) is 4.86. The molecule has 1 aromatic heterocycles. The van der Waals surface area contributed by atoms with Crippen LogP contribution in [0.5, 0.6) is 0 Å². The van der Waals surface area contributed by atoms with Gasteiger partial charge in [0, 0.05) is 23.5 Å². The molecule has 0 saturated carbocycles. The molecule has 4 nitrogen and oxygen atoms in total. The van der Waals surface area contributed by atoms with Gasteiger partial charge in [0.1, 0.15) is 0 Å². The van der Waals surface area contributed by atoms with E-state index in [1.807, 2.05) is 30.5 Å². The van der Waals surface area contributed by atoms with Gasteiger partial charge < -0.3 is 28.9 Å². The molecule has 1 amide bonds. The summed E-state index contributed by atoms with van der Waals surface area (Å²) < 4.78 is 0. The van der Waals surface area contributed by atoms with Crippen LogP contribution in [0.3, 0.4) is 0 Å². The Hall–Kier alpha value is -1.52. The molecule has 1 aromatic carbocycles. The summed E-state index contributed by atoms with van der Waals surface area (Å²) in [6, 6.07) is 7.60. The summed E-state index contributed by atoms with van der Waals surface area (Å²) in [5.74, 6) is -0.361. The van der Waals surface area contributed by atoms with Gasteiger partial charge in [-0.1, -0.05) is 18.2 Å². The van der Waals surface area contributed by atoms with Crippen molar-refractivity contribution in [1.29, 1.82) is 0 Å². The number of halogens is 1.